The number of rotatable bonds is 4. The summed E-state index contributed by atoms with van der Waals surface area (Å²) in [5, 5.41) is 7.69. The molecule has 2 heterocycles. The molecule has 1 saturated heterocycles. The molecule has 0 amide bonds. The van der Waals surface area contributed by atoms with E-state index >= 15 is 0 Å². The van der Waals surface area contributed by atoms with Crippen LogP contribution in [0.3, 0.4) is 0 Å². The van der Waals surface area contributed by atoms with Gasteiger partial charge in [0.2, 0.25) is 5.88 Å². The van der Waals surface area contributed by atoms with Gasteiger partial charge in [-0.15, -0.1) is 0 Å². The molecule has 0 radical (unpaired) electrons. The predicted molar refractivity (Wildman–Crippen MR) is 68.2 cm³/mol. The summed E-state index contributed by atoms with van der Waals surface area (Å²) in [4.78, 5) is 0. The Bertz CT molecular complexity index is 353. The molecule has 0 atom stereocenters. The van der Waals surface area contributed by atoms with Crippen LogP contribution in [-0.4, -0.2) is 28.5 Å². The van der Waals surface area contributed by atoms with E-state index in [1.54, 1.807) is 0 Å². The zero-order valence-corrected chi connectivity index (χ0v) is 11.1. The normalized spacial score (nSPS) is 19.5. The maximum atomic E-state index is 6.18. The van der Waals surface area contributed by atoms with Crippen LogP contribution in [0.25, 0.3) is 0 Å². The van der Waals surface area contributed by atoms with Crippen molar-refractivity contribution in [3.8, 4) is 5.88 Å². The third-order valence-corrected chi connectivity index (χ3v) is 3.23. The van der Waals surface area contributed by atoms with Crippen molar-refractivity contribution in [2.45, 2.75) is 45.8 Å². The van der Waals surface area contributed by atoms with Crippen LogP contribution in [0.5, 0.6) is 5.88 Å². The lowest BCUT2D eigenvalue weighted by Gasteiger charge is -2.34. The van der Waals surface area contributed by atoms with E-state index in [1.165, 1.54) is 0 Å². The highest BCUT2D eigenvalue weighted by Gasteiger charge is 2.29. The first kappa shape index (κ1) is 12.4. The number of nitrogens with zero attached hydrogens (tertiary/aromatic N) is 2. The Hall–Kier alpha value is -1.03. The Labute approximate surface area is 103 Å². The van der Waals surface area contributed by atoms with Crippen LogP contribution in [0.2, 0.25) is 0 Å². The fourth-order valence-corrected chi connectivity index (χ4v) is 2.20. The highest BCUT2D eigenvalue weighted by Crippen LogP contribution is 2.26. The zero-order chi connectivity index (χ0) is 12.3. The molecule has 0 spiro atoms. The molecule has 0 bridgehead atoms. The molecule has 1 aromatic rings. The molecule has 1 N–H and O–H groups in total. The molecule has 96 valence electrons. The van der Waals surface area contributed by atoms with Gasteiger partial charge in [-0.3, -0.25) is 0 Å². The molecule has 4 nitrogen and oxygen atoms in total. The highest BCUT2D eigenvalue weighted by molar-refractivity contribution is 5.10. The summed E-state index contributed by atoms with van der Waals surface area (Å²) in [6.07, 6.45) is 3.93. The molecular formula is C13H23N3O. The maximum absolute atomic E-state index is 6.18. The van der Waals surface area contributed by atoms with Crippen LogP contribution >= 0.6 is 0 Å². The molecule has 1 aromatic heterocycles. The molecule has 0 aliphatic carbocycles. The van der Waals surface area contributed by atoms with E-state index < -0.39 is 0 Å². The largest absolute Gasteiger partial charge is 0.471 e. The summed E-state index contributed by atoms with van der Waals surface area (Å²) < 4.78 is 8.15. The molecule has 1 aliphatic heterocycles. The zero-order valence-electron chi connectivity index (χ0n) is 11.1. The average Bonchev–Trinajstić information content (AvgIpc) is 2.65. The lowest BCUT2D eigenvalue weighted by atomic mass is 9.95. The van der Waals surface area contributed by atoms with Gasteiger partial charge in [0.15, 0.2) is 0 Å². The maximum Gasteiger partial charge on any atom is 0.212 e. The third kappa shape index (κ3) is 3.22. The monoisotopic (exact) mass is 237 g/mol. The van der Waals surface area contributed by atoms with Crippen LogP contribution < -0.4 is 10.1 Å². The second kappa shape index (κ2) is 5.08. The molecule has 1 aliphatic rings. The van der Waals surface area contributed by atoms with E-state index in [2.05, 4.69) is 31.2 Å². The first-order valence-electron chi connectivity index (χ1n) is 6.51. The number of aromatic nitrogens is 2. The number of hydrogen-bond donors (Lipinski definition) is 1. The van der Waals surface area contributed by atoms with E-state index in [-0.39, 0.29) is 5.60 Å². The summed E-state index contributed by atoms with van der Waals surface area (Å²) in [6, 6.07) is 1.97. The smallest absolute Gasteiger partial charge is 0.212 e. The SMILES string of the molecule is CC(C)Cn1nccc1OC1(C)CCNCC1. The fourth-order valence-electron chi connectivity index (χ4n) is 2.20. The molecule has 4 heteroatoms. The summed E-state index contributed by atoms with van der Waals surface area (Å²) in [7, 11) is 0. The van der Waals surface area contributed by atoms with Gasteiger partial charge in [-0.05, 0) is 38.8 Å². The minimum atomic E-state index is -0.0417. The summed E-state index contributed by atoms with van der Waals surface area (Å²) in [5.74, 6) is 1.49. The van der Waals surface area contributed by atoms with E-state index in [1.807, 2.05) is 16.9 Å². The lowest BCUT2D eigenvalue weighted by Crippen LogP contribution is -2.44. The molecule has 0 aromatic carbocycles. The first-order valence-corrected chi connectivity index (χ1v) is 6.51. The molecular weight excluding hydrogens is 214 g/mol. The van der Waals surface area contributed by atoms with Gasteiger partial charge in [0, 0.05) is 12.6 Å². The summed E-state index contributed by atoms with van der Waals surface area (Å²) >= 11 is 0. The Morgan fingerprint density at radius 2 is 2.18 bits per heavy atom. The van der Waals surface area contributed by atoms with Crippen LogP contribution in [0.1, 0.15) is 33.6 Å². The van der Waals surface area contributed by atoms with Crippen molar-refractivity contribution in [1.29, 1.82) is 0 Å². The predicted octanol–water partition coefficient (Wildman–Crippen LogP) is 2.06. The molecule has 1 fully saturated rings. The van der Waals surface area contributed by atoms with Gasteiger partial charge < -0.3 is 10.1 Å². The second-order valence-electron chi connectivity index (χ2n) is 5.55. The van der Waals surface area contributed by atoms with E-state index in [9.17, 15) is 0 Å². The van der Waals surface area contributed by atoms with Crippen molar-refractivity contribution >= 4 is 0 Å². The highest BCUT2D eigenvalue weighted by atomic mass is 16.5. The lowest BCUT2D eigenvalue weighted by molar-refractivity contribution is 0.0446. The van der Waals surface area contributed by atoms with Crippen LogP contribution in [0.4, 0.5) is 0 Å². The number of piperidine rings is 1. The van der Waals surface area contributed by atoms with E-state index in [0.29, 0.717) is 5.92 Å². The Kier molecular flexibility index (Phi) is 3.72. The third-order valence-electron chi connectivity index (χ3n) is 3.23. The number of hydrogen-bond acceptors (Lipinski definition) is 3. The van der Waals surface area contributed by atoms with Crippen molar-refractivity contribution in [3.05, 3.63) is 12.3 Å². The number of ether oxygens (including phenoxy) is 1. The first-order chi connectivity index (χ1) is 8.09. The van der Waals surface area contributed by atoms with E-state index in [4.69, 9.17) is 4.74 Å². The van der Waals surface area contributed by atoms with Crippen molar-refractivity contribution < 1.29 is 4.74 Å². The van der Waals surface area contributed by atoms with Gasteiger partial charge in [-0.25, -0.2) is 4.68 Å². The van der Waals surface area contributed by atoms with Crippen molar-refractivity contribution in [1.82, 2.24) is 15.1 Å². The second-order valence-corrected chi connectivity index (χ2v) is 5.55. The quantitative estimate of drug-likeness (QED) is 0.871. The van der Waals surface area contributed by atoms with Gasteiger partial charge in [0.1, 0.15) is 5.60 Å². The topological polar surface area (TPSA) is 39.1 Å². The Morgan fingerprint density at radius 3 is 2.82 bits per heavy atom. The average molecular weight is 237 g/mol. The fraction of sp³-hybridized carbons (Fsp3) is 0.769. The van der Waals surface area contributed by atoms with Gasteiger partial charge in [-0.1, -0.05) is 13.8 Å². The molecule has 0 saturated carbocycles. The van der Waals surface area contributed by atoms with Gasteiger partial charge in [0.25, 0.3) is 0 Å². The summed E-state index contributed by atoms with van der Waals surface area (Å²) in [5.41, 5.74) is -0.0417. The summed E-state index contributed by atoms with van der Waals surface area (Å²) in [6.45, 7) is 9.57. The van der Waals surface area contributed by atoms with Crippen molar-refractivity contribution in [2.75, 3.05) is 13.1 Å². The standard InChI is InChI=1S/C13H23N3O/c1-11(2)10-16-12(4-7-15-16)17-13(3)5-8-14-9-6-13/h4,7,11,14H,5-6,8-10H2,1-3H3. The number of nitrogens with one attached hydrogen (secondary N) is 1. The van der Waals surface area contributed by atoms with E-state index in [0.717, 1.165) is 38.4 Å². The van der Waals surface area contributed by atoms with Crippen LogP contribution in [-0.2, 0) is 6.54 Å². The van der Waals surface area contributed by atoms with Crippen LogP contribution in [0, 0.1) is 5.92 Å². The van der Waals surface area contributed by atoms with Gasteiger partial charge in [0.05, 0.1) is 6.20 Å². The Morgan fingerprint density at radius 1 is 1.47 bits per heavy atom. The van der Waals surface area contributed by atoms with Crippen molar-refractivity contribution in [3.63, 3.8) is 0 Å². The molecule has 17 heavy (non-hydrogen) atoms. The van der Waals surface area contributed by atoms with Crippen LogP contribution in [0.15, 0.2) is 12.3 Å². The molecule has 0 unspecified atom stereocenters. The Balaban J connectivity index is 2.04. The van der Waals surface area contributed by atoms with Gasteiger partial charge in [-0.2, -0.15) is 5.10 Å². The van der Waals surface area contributed by atoms with Gasteiger partial charge >= 0.3 is 0 Å². The van der Waals surface area contributed by atoms with Crippen molar-refractivity contribution in [2.24, 2.45) is 5.92 Å². The minimum Gasteiger partial charge on any atom is -0.471 e. The molecule has 2 rings (SSSR count). The minimum absolute atomic E-state index is 0.0417.